The smallest absolute Gasteiger partial charge is 0.323 e. The van der Waals surface area contributed by atoms with Gasteiger partial charge in [0, 0.05) is 16.0 Å². The van der Waals surface area contributed by atoms with Gasteiger partial charge in [0.1, 0.15) is 6.04 Å². The Kier molecular flexibility index (Phi) is 6.12. The average Bonchev–Trinajstić information content (AvgIpc) is 2.32. The van der Waals surface area contributed by atoms with Crippen molar-refractivity contribution >= 4 is 33.5 Å². The molecular weight excluding hydrogens is 318 g/mol. The highest BCUT2D eigenvalue weighted by atomic mass is 79.9. The first-order valence-corrected chi connectivity index (χ1v) is 6.88. The van der Waals surface area contributed by atoms with Gasteiger partial charge >= 0.3 is 5.97 Å². The maximum Gasteiger partial charge on any atom is 0.323 e. The van der Waals surface area contributed by atoms with E-state index in [-0.39, 0.29) is 17.9 Å². The average molecular weight is 335 g/mol. The van der Waals surface area contributed by atoms with E-state index in [1.165, 1.54) is 7.11 Å². The summed E-state index contributed by atoms with van der Waals surface area (Å²) in [6, 6.07) is 5.26. The molecule has 0 saturated carbocycles. The molecule has 0 aromatic heterocycles. The summed E-state index contributed by atoms with van der Waals surface area (Å²) in [7, 11) is 1.40. The van der Waals surface area contributed by atoms with Crippen LogP contribution in [0.25, 0.3) is 0 Å². The first-order chi connectivity index (χ1) is 8.45. The molecule has 100 valence electrons. The normalized spacial score (nSPS) is 12.6. The van der Waals surface area contributed by atoms with Crippen LogP contribution in [0.4, 0.5) is 0 Å². The van der Waals surface area contributed by atoms with Gasteiger partial charge in [-0.2, -0.15) is 0 Å². The molecule has 1 aromatic rings. The van der Waals surface area contributed by atoms with E-state index < -0.39 is 0 Å². The Labute approximate surface area is 121 Å². The van der Waals surface area contributed by atoms with Crippen molar-refractivity contribution < 1.29 is 9.53 Å². The highest BCUT2D eigenvalue weighted by molar-refractivity contribution is 9.10. The van der Waals surface area contributed by atoms with Crippen molar-refractivity contribution in [3.05, 3.63) is 33.3 Å². The molecule has 0 heterocycles. The summed E-state index contributed by atoms with van der Waals surface area (Å²) in [5.41, 5.74) is 1.01. The number of carbonyl (C=O) groups is 1. The Balaban J connectivity index is 2.73. The van der Waals surface area contributed by atoms with E-state index in [0.29, 0.717) is 11.6 Å². The SMILES string of the molecule is COC(=O)[C@@H](NCc1cc(Cl)ccc1Br)C(C)C. The van der Waals surface area contributed by atoms with E-state index in [0.717, 1.165) is 10.0 Å². The minimum Gasteiger partial charge on any atom is -0.468 e. The lowest BCUT2D eigenvalue weighted by Crippen LogP contribution is -2.41. The van der Waals surface area contributed by atoms with E-state index in [9.17, 15) is 4.79 Å². The van der Waals surface area contributed by atoms with Gasteiger partial charge in [0.2, 0.25) is 0 Å². The second-order valence-electron chi connectivity index (χ2n) is 4.36. The first kappa shape index (κ1) is 15.5. The van der Waals surface area contributed by atoms with Crippen molar-refractivity contribution in [1.82, 2.24) is 5.32 Å². The fourth-order valence-corrected chi connectivity index (χ4v) is 2.20. The second-order valence-corrected chi connectivity index (χ2v) is 5.65. The number of ether oxygens (including phenoxy) is 1. The van der Waals surface area contributed by atoms with Gasteiger partial charge in [0.25, 0.3) is 0 Å². The molecule has 1 N–H and O–H groups in total. The molecule has 0 aliphatic carbocycles. The van der Waals surface area contributed by atoms with Gasteiger partial charge in [-0.25, -0.2) is 0 Å². The zero-order valence-corrected chi connectivity index (χ0v) is 13.0. The Morgan fingerprint density at radius 1 is 1.50 bits per heavy atom. The molecule has 0 radical (unpaired) electrons. The minimum atomic E-state index is -0.319. The molecule has 0 amide bonds. The topological polar surface area (TPSA) is 38.3 Å². The number of hydrogen-bond acceptors (Lipinski definition) is 3. The quantitative estimate of drug-likeness (QED) is 0.839. The number of methoxy groups -OCH3 is 1. The molecule has 18 heavy (non-hydrogen) atoms. The van der Waals surface area contributed by atoms with E-state index in [4.69, 9.17) is 16.3 Å². The molecule has 0 fully saturated rings. The molecule has 0 aliphatic rings. The molecule has 1 atom stereocenters. The van der Waals surface area contributed by atoms with Crippen LogP contribution in [0.3, 0.4) is 0 Å². The highest BCUT2D eigenvalue weighted by Crippen LogP contribution is 2.21. The lowest BCUT2D eigenvalue weighted by Gasteiger charge is -2.20. The fraction of sp³-hybridized carbons (Fsp3) is 0.462. The number of nitrogens with one attached hydrogen (secondary N) is 1. The minimum absolute atomic E-state index is 0.162. The number of carbonyl (C=O) groups excluding carboxylic acids is 1. The van der Waals surface area contributed by atoms with Gasteiger partial charge in [0.05, 0.1) is 7.11 Å². The molecule has 0 unspecified atom stereocenters. The Morgan fingerprint density at radius 3 is 2.72 bits per heavy atom. The Morgan fingerprint density at radius 2 is 2.17 bits per heavy atom. The lowest BCUT2D eigenvalue weighted by atomic mass is 10.0. The molecule has 0 spiro atoms. The van der Waals surface area contributed by atoms with Crippen molar-refractivity contribution in [2.75, 3.05) is 7.11 Å². The number of benzene rings is 1. The fourth-order valence-electron chi connectivity index (χ4n) is 1.62. The van der Waals surface area contributed by atoms with Crippen molar-refractivity contribution in [2.45, 2.75) is 26.4 Å². The zero-order valence-electron chi connectivity index (χ0n) is 10.7. The molecule has 0 aliphatic heterocycles. The van der Waals surface area contributed by atoms with Crippen LogP contribution in [0, 0.1) is 5.92 Å². The van der Waals surface area contributed by atoms with Crippen LogP contribution in [0.5, 0.6) is 0 Å². The summed E-state index contributed by atoms with van der Waals surface area (Å²) >= 11 is 9.40. The molecule has 3 nitrogen and oxygen atoms in total. The molecule has 1 rings (SSSR count). The second kappa shape index (κ2) is 7.12. The standard InChI is InChI=1S/C13H17BrClNO2/c1-8(2)12(13(17)18-3)16-7-9-6-10(15)4-5-11(9)14/h4-6,8,12,16H,7H2,1-3H3/t12-/m0/s1. The summed E-state index contributed by atoms with van der Waals surface area (Å²) in [6.45, 7) is 4.50. The van der Waals surface area contributed by atoms with Crippen LogP contribution in [-0.4, -0.2) is 19.1 Å². The van der Waals surface area contributed by atoms with Gasteiger partial charge in [-0.15, -0.1) is 0 Å². The van der Waals surface area contributed by atoms with E-state index in [1.807, 2.05) is 32.0 Å². The van der Waals surface area contributed by atoms with E-state index in [2.05, 4.69) is 21.2 Å². The summed E-state index contributed by atoms with van der Waals surface area (Å²) in [5.74, 6) is -0.0847. The van der Waals surface area contributed by atoms with E-state index in [1.54, 1.807) is 0 Å². The molecule has 0 bridgehead atoms. The molecule has 5 heteroatoms. The monoisotopic (exact) mass is 333 g/mol. The zero-order chi connectivity index (χ0) is 13.7. The van der Waals surface area contributed by atoms with Gasteiger partial charge in [-0.1, -0.05) is 41.4 Å². The number of hydrogen-bond donors (Lipinski definition) is 1. The maximum absolute atomic E-state index is 11.6. The van der Waals surface area contributed by atoms with Crippen molar-refractivity contribution in [3.8, 4) is 0 Å². The Hall–Kier alpha value is -0.580. The van der Waals surface area contributed by atoms with Crippen LogP contribution in [0.15, 0.2) is 22.7 Å². The number of esters is 1. The summed E-state index contributed by atoms with van der Waals surface area (Å²) in [4.78, 5) is 11.6. The third-order valence-corrected chi connectivity index (χ3v) is 3.65. The van der Waals surface area contributed by atoms with Crippen LogP contribution in [-0.2, 0) is 16.1 Å². The van der Waals surface area contributed by atoms with Gasteiger partial charge in [-0.05, 0) is 29.7 Å². The van der Waals surface area contributed by atoms with Gasteiger partial charge < -0.3 is 10.1 Å². The summed E-state index contributed by atoms with van der Waals surface area (Å²) in [6.07, 6.45) is 0. The van der Waals surface area contributed by atoms with Crippen molar-refractivity contribution in [2.24, 2.45) is 5.92 Å². The molecular formula is C13H17BrClNO2. The molecule has 1 aromatic carbocycles. The third-order valence-electron chi connectivity index (χ3n) is 2.64. The van der Waals surface area contributed by atoms with Crippen molar-refractivity contribution in [3.63, 3.8) is 0 Å². The number of rotatable bonds is 5. The summed E-state index contributed by atoms with van der Waals surface area (Å²) < 4.78 is 5.74. The van der Waals surface area contributed by atoms with Crippen LogP contribution < -0.4 is 5.32 Å². The largest absolute Gasteiger partial charge is 0.468 e. The number of halogens is 2. The highest BCUT2D eigenvalue weighted by Gasteiger charge is 2.22. The predicted octanol–water partition coefficient (Wildman–Crippen LogP) is 3.39. The lowest BCUT2D eigenvalue weighted by molar-refractivity contribution is -0.144. The first-order valence-electron chi connectivity index (χ1n) is 5.70. The predicted molar refractivity (Wildman–Crippen MR) is 76.6 cm³/mol. The van der Waals surface area contributed by atoms with Crippen molar-refractivity contribution in [1.29, 1.82) is 0 Å². The maximum atomic E-state index is 11.6. The Bertz CT molecular complexity index is 423. The van der Waals surface area contributed by atoms with Crippen LogP contribution in [0.2, 0.25) is 5.02 Å². The summed E-state index contributed by atoms with van der Waals surface area (Å²) in [5, 5.41) is 3.87. The van der Waals surface area contributed by atoms with Crippen LogP contribution in [0.1, 0.15) is 19.4 Å². The molecule has 0 saturated heterocycles. The third kappa shape index (κ3) is 4.26. The van der Waals surface area contributed by atoms with Gasteiger partial charge in [0.15, 0.2) is 0 Å². The van der Waals surface area contributed by atoms with Crippen LogP contribution >= 0.6 is 27.5 Å². The van der Waals surface area contributed by atoms with Gasteiger partial charge in [-0.3, -0.25) is 4.79 Å². The van der Waals surface area contributed by atoms with E-state index >= 15 is 0 Å².